The molecule has 1 aliphatic carbocycles. The van der Waals surface area contributed by atoms with Gasteiger partial charge in [0.25, 0.3) is 5.56 Å². The summed E-state index contributed by atoms with van der Waals surface area (Å²) >= 11 is 1.15. The minimum Gasteiger partial charge on any atom is -0.444 e. The number of aromatic amines is 1. The Labute approximate surface area is 210 Å². The van der Waals surface area contributed by atoms with Crippen LogP contribution in [-0.2, 0) is 9.47 Å². The molecule has 36 heavy (non-hydrogen) atoms. The molecule has 3 aromatic rings. The van der Waals surface area contributed by atoms with Gasteiger partial charge in [-0.25, -0.2) is 9.18 Å². The number of hydrogen-bond acceptors (Lipinski definition) is 7. The second-order valence-electron chi connectivity index (χ2n) is 11.1. The molecule has 6 rings (SSSR count). The second-order valence-corrected chi connectivity index (χ2v) is 11.9. The van der Waals surface area contributed by atoms with Gasteiger partial charge in [0.05, 0.1) is 17.7 Å². The Balaban J connectivity index is 1.36. The van der Waals surface area contributed by atoms with Crippen molar-refractivity contribution >= 4 is 44.4 Å². The summed E-state index contributed by atoms with van der Waals surface area (Å²) in [6.45, 7) is 7.25. The molecule has 192 valence electrons. The normalized spacial score (nSPS) is 24.0. The van der Waals surface area contributed by atoms with E-state index in [1.807, 2.05) is 9.47 Å². The molecule has 2 aromatic heterocycles. The van der Waals surface area contributed by atoms with Crippen molar-refractivity contribution < 1.29 is 18.7 Å². The number of carbonyl (C=O) groups is 1. The number of carbonyl (C=O) groups excluding carboxylic acids is 1. The number of halogens is 1. The zero-order valence-electron chi connectivity index (χ0n) is 20.5. The van der Waals surface area contributed by atoms with Crippen LogP contribution in [0.15, 0.2) is 21.7 Å². The van der Waals surface area contributed by atoms with Gasteiger partial charge < -0.3 is 24.3 Å². The maximum Gasteiger partial charge on any atom is 0.407 e. The van der Waals surface area contributed by atoms with E-state index in [-0.39, 0.29) is 29.3 Å². The summed E-state index contributed by atoms with van der Waals surface area (Å²) in [6, 6.07) is 3.19. The average Bonchev–Trinajstić information content (AvgIpc) is 3.29. The first-order valence-corrected chi connectivity index (χ1v) is 13.1. The van der Waals surface area contributed by atoms with Crippen molar-refractivity contribution in [1.29, 1.82) is 0 Å². The Bertz CT molecular complexity index is 1500. The monoisotopic (exact) mass is 516 g/mol. The van der Waals surface area contributed by atoms with Crippen LogP contribution >= 0.6 is 11.5 Å². The molecule has 2 aliphatic heterocycles. The molecule has 0 bridgehead atoms. The Morgan fingerprint density at radius 1 is 1.31 bits per heavy atom. The molecule has 2 atom stereocenters. The Kier molecular flexibility index (Phi) is 5.24. The predicted octanol–water partition coefficient (Wildman–Crippen LogP) is 3.50. The molecule has 2 saturated heterocycles. The van der Waals surface area contributed by atoms with E-state index in [0.717, 1.165) is 30.8 Å². The Hall–Kier alpha value is -2.92. The highest BCUT2D eigenvalue weighted by Gasteiger charge is 2.51. The van der Waals surface area contributed by atoms with Crippen LogP contribution < -0.4 is 21.2 Å². The lowest BCUT2D eigenvalue weighted by Crippen LogP contribution is -2.49. The van der Waals surface area contributed by atoms with Gasteiger partial charge in [0, 0.05) is 37.0 Å². The number of hydrogen-bond donors (Lipinski definition) is 2. The highest BCUT2D eigenvalue weighted by atomic mass is 32.1. The number of H-pyrrole nitrogens is 1. The first-order chi connectivity index (χ1) is 17.1. The molecule has 9 nitrogen and oxygen atoms in total. The molecule has 3 fully saturated rings. The van der Waals surface area contributed by atoms with E-state index in [0.29, 0.717) is 35.7 Å². The summed E-state index contributed by atoms with van der Waals surface area (Å²) in [5, 5.41) is 3.16. The number of alkyl carbamates (subject to hydrolysis) is 1. The van der Waals surface area contributed by atoms with Crippen molar-refractivity contribution in [2.75, 3.05) is 31.1 Å². The van der Waals surface area contributed by atoms with Crippen molar-refractivity contribution in [2.45, 2.75) is 57.3 Å². The summed E-state index contributed by atoms with van der Waals surface area (Å²) in [5.41, 5.74) is -1.08. The first-order valence-electron chi connectivity index (χ1n) is 12.3. The van der Waals surface area contributed by atoms with E-state index in [4.69, 9.17) is 9.47 Å². The number of amides is 1. The minimum absolute atomic E-state index is 0.0998. The van der Waals surface area contributed by atoms with Crippen molar-refractivity contribution in [2.24, 2.45) is 5.92 Å². The van der Waals surface area contributed by atoms with E-state index in [2.05, 4.69) is 9.69 Å². The molecule has 0 spiro atoms. The van der Waals surface area contributed by atoms with Crippen molar-refractivity contribution in [3.8, 4) is 0 Å². The third-order valence-corrected chi connectivity index (χ3v) is 8.26. The summed E-state index contributed by atoms with van der Waals surface area (Å²) in [4.78, 5) is 40.3. The van der Waals surface area contributed by atoms with Crippen molar-refractivity contribution in [3.05, 3.63) is 38.5 Å². The fraction of sp³-hybridized carbons (Fsp3) is 0.560. The zero-order valence-corrected chi connectivity index (χ0v) is 21.3. The van der Waals surface area contributed by atoms with Gasteiger partial charge in [-0.15, -0.1) is 0 Å². The van der Waals surface area contributed by atoms with Gasteiger partial charge in [-0.1, -0.05) is 0 Å². The van der Waals surface area contributed by atoms with Crippen LogP contribution in [-0.4, -0.2) is 52.5 Å². The summed E-state index contributed by atoms with van der Waals surface area (Å²) in [6.07, 6.45) is 2.20. The number of ether oxygens (including phenoxy) is 2. The topological polar surface area (TPSA) is 106 Å². The Morgan fingerprint density at radius 2 is 2.08 bits per heavy atom. The van der Waals surface area contributed by atoms with Gasteiger partial charge in [-0.2, -0.15) is 0 Å². The number of nitrogens with one attached hydrogen (secondary N) is 2. The van der Waals surface area contributed by atoms with Gasteiger partial charge in [-0.3, -0.25) is 14.0 Å². The second kappa shape index (κ2) is 8.04. The average molecular weight is 517 g/mol. The molecule has 2 N–H and O–H groups in total. The van der Waals surface area contributed by atoms with Gasteiger partial charge in [0.15, 0.2) is 0 Å². The lowest BCUT2D eigenvalue weighted by molar-refractivity contribution is -0.000269. The van der Waals surface area contributed by atoms with Crippen molar-refractivity contribution in [1.82, 2.24) is 14.3 Å². The molecule has 1 saturated carbocycles. The largest absolute Gasteiger partial charge is 0.444 e. The molecule has 3 aliphatic rings. The van der Waals surface area contributed by atoms with Crippen LogP contribution in [0.5, 0.6) is 0 Å². The number of anilines is 1. The van der Waals surface area contributed by atoms with Crippen LogP contribution in [0.1, 0.15) is 46.1 Å². The van der Waals surface area contributed by atoms with Gasteiger partial charge >= 0.3 is 6.09 Å². The Morgan fingerprint density at radius 3 is 2.81 bits per heavy atom. The van der Waals surface area contributed by atoms with Gasteiger partial charge in [0.1, 0.15) is 27.2 Å². The van der Waals surface area contributed by atoms with Gasteiger partial charge in [-0.05, 0) is 63.7 Å². The number of pyridine rings is 1. The fourth-order valence-electron chi connectivity index (χ4n) is 5.62. The van der Waals surface area contributed by atoms with Crippen molar-refractivity contribution in [3.63, 3.8) is 0 Å². The van der Waals surface area contributed by atoms with Gasteiger partial charge in [0.2, 0.25) is 5.43 Å². The van der Waals surface area contributed by atoms with E-state index in [1.54, 1.807) is 26.8 Å². The van der Waals surface area contributed by atoms with Crippen LogP contribution in [0.25, 0.3) is 21.1 Å². The SMILES string of the molecule is CC(C)(C)OC(=O)NCC12CN(c3cc4c(cc3F)c(=O)c3c(=O)[nH]sc3n4C3CC3)CC1CCO2. The number of benzene rings is 1. The standard InChI is InChI=1S/C25H29FN4O5S/c1-24(2,3)35-23(33)27-11-25-12-29(10-13(25)6-7-34-25)18-9-17-15(8-16(18)26)20(31)19-21(32)28-36-22(19)30(17)14-4-5-14/h8-9,13-14H,4-7,10-12H2,1-3H3,(H,27,33)(H,28,32). The lowest BCUT2D eigenvalue weighted by atomic mass is 9.91. The highest BCUT2D eigenvalue weighted by molar-refractivity contribution is 7.12. The molecule has 0 radical (unpaired) electrons. The molecular weight excluding hydrogens is 487 g/mol. The maximum atomic E-state index is 15.5. The lowest BCUT2D eigenvalue weighted by Gasteiger charge is -2.29. The molecule has 1 amide bonds. The molecule has 1 aromatic carbocycles. The number of rotatable bonds is 4. The highest BCUT2D eigenvalue weighted by Crippen LogP contribution is 2.44. The fourth-order valence-corrected chi connectivity index (χ4v) is 6.54. The molecule has 2 unspecified atom stereocenters. The third kappa shape index (κ3) is 3.80. The quantitative estimate of drug-likeness (QED) is 0.550. The van der Waals surface area contributed by atoms with E-state index in [9.17, 15) is 14.4 Å². The number of nitrogens with zero attached hydrogens (tertiary/aromatic N) is 2. The number of aromatic nitrogens is 2. The van der Waals surface area contributed by atoms with E-state index < -0.39 is 34.1 Å². The third-order valence-electron chi connectivity index (χ3n) is 7.38. The maximum absolute atomic E-state index is 15.5. The van der Waals surface area contributed by atoms with E-state index >= 15 is 4.39 Å². The summed E-state index contributed by atoms with van der Waals surface area (Å²) < 4.78 is 31.7. The summed E-state index contributed by atoms with van der Waals surface area (Å²) in [7, 11) is 0. The smallest absolute Gasteiger partial charge is 0.407 e. The van der Waals surface area contributed by atoms with Crippen LogP contribution in [0, 0.1) is 11.7 Å². The minimum atomic E-state index is -0.640. The number of fused-ring (bicyclic) bond motifs is 3. The molecule has 4 heterocycles. The van der Waals surface area contributed by atoms with Crippen LogP contribution in [0.3, 0.4) is 0 Å². The predicted molar refractivity (Wildman–Crippen MR) is 136 cm³/mol. The molecular formula is C25H29FN4O5S. The molecule has 11 heteroatoms. The zero-order chi connectivity index (χ0) is 25.4. The summed E-state index contributed by atoms with van der Waals surface area (Å²) in [5.74, 6) is -0.395. The van der Waals surface area contributed by atoms with Crippen LogP contribution in [0.4, 0.5) is 14.9 Å². The first kappa shape index (κ1) is 23.5. The van der Waals surface area contributed by atoms with E-state index in [1.165, 1.54) is 6.07 Å². The van der Waals surface area contributed by atoms with Crippen LogP contribution in [0.2, 0.25) is 0 Å².